The van der Waals surface area contributed by atoms with E-state index in [1.165, 1.54) is 4.90 Å². The molecule has 0 N–H and O–H groups in total. The maximum Gasteiger partial charge on any atom is 0.296 e. The smallest absolute Gasteiger partial charge is 0.296 e. The maximum atomic E-state index is 13.5. The molecule has 29 heavy (non-hydrogen) atoms. The van der Waals surface area contributed by atoms with Crippen LogP contribution in [-0.2, 0) is 6.42 Å². The number of rotatable bonds is 3. The molecule has 0 radical (unpaired) electrons. The van der Waals surface area contributed by atoms with Crippen LogP contribution in [0.4, 0.5) is 5.82 Å². The fourth-order valence-corrected chi connectivity index (χ4v) is 3.76. The van der Waals surface area contributed by atoms with Gasteiger partial charge in [-0.3, -0.25) is 19.5 Å². The van der Waals surface area contributed by atoms with Crippen LogP contribution in [-0.4, -0.2) is 16.0 Å². The first-order chi connectivity index (χ1) is 14.1. The number of carbonyl (C=O) groups is 1. The van der Waals surface area contributed by atoms with Gasteiger partial charge in [-0.1, -0.05) is 24.2 Å². The van der Waals surface area contributed by atoms with E-state index in [2.05, 4.69) is 10.1 Å². The second-order valence-corrected chi connectivity index (χ2v) is 6.99. The minimum Gasteiger partial charge on any atom is -0.450 e. The van der Waals surface area contributed by atoms with Crippen molar-refractivity contribution in [2.75, 3.05) is 4.90 Å². The first-order valence-corrected chi connectivity index (χ1v) is 9.36. The van der Waals surface area contributed by atoms with Gasteiger partial charge in [-0.2, -0.15) is 0 Å². The van der Waals surface area contributed by atoms with Crippen LogP contribution < -0.4 is 10.3 Å². The van der Waals surface area contributed by atoms with Crippen molar-refractivity contribution in [3.8, 4) is 0 Å². The van der Waals surface area contributed by atoms with Crippen LogP contribution in [0.15, 0.2) is 62.4 Å². The summed E-state index contributed by atoms with van der Waals surface area (Å²) in [5, 5.41) is 4.45. The van der Waals surface area contributed by atoms with Crippen molar-refractivity contribution < 1.29 is 13.7 Å². The van der Waals surface area contributed by atoms with E-state index in [1.54, 1.807) is 37.4 Å². The third-order valence-corrected chi connectivity index (χ3v) is 5.17. The van der Waals surface area contributed by atoms with Gasteiger partial charge in [0.25, 0.3) is 5.91 Å². The lowest BCUT2D eigenvalue weighted by atomic mass is 10.0. The van der Waals surface area contributed by atoms with E-state index in [-0.39, 0.29) is 16.8 Å². The van der Waals surface area contributed by atoms with Gasteiger partial charge in [-0.05, 0) is 43.2 Å². The van der Waals surface area contributed by atoms with Gasteiger partial charge in [0.05, 0.1) is 16.6 Å². The zero-order chi connectivity index (χ0) is 20.1. The van der Waals surface area contributed by atoms with Crippen LogP contribution in [0.5, 0.6) is 0 Å². The van der Waals surface area contributed by atoms with Gasteiger partial charge in [0, 0.05) is 12.3 Å². The Morgan fingerprint density at radius 3 is 2.69 bits per heavy atom. The number of fused-ring (bicyclic) bond motifs is 2. The van der Waals surface area contributed by atoms with E-state index in [1.807, 2.05) is 25.1 Å². The number of aryl methyl sites for hydroxylation is 2. The summed E-state index contributed by atoms with van der Waals surface area (Å²) < 4.78 is 11.1. The summed E-state index contributed by atoms with van der Waals surface area (Å²) in [5.74, 6) is 0.443. The molecule has 0 saturated heterocycles. The molecule has 7 heteroatoms. The molecule has 0 unspecified atom stereocenters. The number of benzene rings is 1. The van der Waals surface area contributed by atoms with Crippen molar-refractivity contribution in [1.82, 2.24) is 10.1 Å². The van der Waals surface area contributed by atoms with Crippen molar-refractivity contribution >= 4 is 22.7 Å². The third-order valence-electron chi connectivity index (χ3n) is 5.17. The largest absolute Gasteiger partial charge is 0.450 e. The molecule has 0 bridgehead atoms. The minimum absolute atomic E-state index is 0.0167. The summed E-state index contributed by atoms with van der Waals surface area (Å²) in [7, 11) is 0. The van der Waals surface area contributed by atoms with E-state index in [4.69, 9.17) is 8.94 Å². The molecule has 4 aromatic rings. The Kier molecular flexibility index (Phi) is 3.84. The van der Waals surface area contributed by atoms with Gasteiger partial charge < -0.3 is 8.94 Å². The van der Waals surface area contributed by atoms with Crippen LogP contribution in [0.3, 0.4) is 0 Å². The third kappa shape index (κ3) is 2.58. The summed E-state index contributed by atoms with van der Waals surface area (Å²) in [5.41, 5.74) is 2.00. The highest BCUT2D eigenvalue weighted by atomic mass is 16.5. The summed E-state index contributed by atoms with van der Waals surface area (Å²) in [4.78, 5) is 32.6. The fraction of sp³-hybridized carbons (Fsp3) is 0.182. The van der Waals surface area contributed by atoms with Crippen molar-refractivity contribution in [3.05, 3.63) is 87.2 Å². The average Bonchev–Trinajstić information content (AvgIpc) is 3.30. The molecular weight excluding hydrogens is 370 g/mol. The highest BCUT2D eigenvalue weighted by Crippen LogP contribution is 2.40. The molecular formula is C22H17N3O4. The topological polar surface area (TPSA) is 89.4 Å². The van der Waals surface area contributed by atoms with Crippen molar-refractivity contribution in [2.45, 2.75) is 26.3 Å². The molecule has 0 spiro atoms. The maximum absolute atomic E-state index is 13.5. The van der Waals surface area contributed by atoms with Crippen molar-refractivity contribution in [3.63, 3.8) is 0 Å². The molecule has 1 aromatic carbocycles. The fourth-order valence-electron chi connectivity index (χ4n) is 3.76. The lowest BCUT2D eigenvalue weighted by molar-refractivity contribution is 0.0969. The number of hydrogen-bond donors (Lipinski definition) is 0. The van der Waals surface area contributed by atoms with Crippen molar-refractivity contribution in [1.29, 1.82) is 0 Å². The Hall–Kier alpha value is -3.74. The highest BCUT2D eigenvalue weighted by molar-refractivity contribution is 6.10. The second-order valence-electron chi connectivity index (χ2n) is 6.99. The van der Waals surface area contributed by atoms with Crippen LogP contribution in [0, 0.1) is 6.92 Å². The molecule has 7 nitrogen and oxygen atoms in total. The minimum atomic E-state index is -0.742. The summed E-state index contributed by atoms with van der Waals surface area (Å²) >= 11 is 0. The normalized spacial score (nSPS) is 15.9. The quantitative estimate of drug-likeness (QED) is 0.531. The predicted octanol–water partition coefficient (Wildman–Crippen LogP) is 3.80. The zero-order valence-corrected chi connectivity index (χ0v) is 15.9. The number of hydrogen-bond acceptors (Lipinski definition) is 6. The van der Waals surface area contributed by atoms with Gasteiger partial charge >= 0.3 is 0 Å². The van der Waals surface area contributed by atoms with Crippen LogP contribution >= 0.6 is 0 Å². The highest BCUT2D eigenvalue weighted by Gasteiger charge is 2.45. The average molecular weight is 387 g/mol. The Morgan fingerprint density at radius 1 is 1.14 bits per heavy atom. The molecule has 0 aliphatic carbocycles. The summed E-state index contributed by atoms with van der Waals surface area (Å²) in [6, 6.07) is 11.7. The van der Waals surface area contributed by atoms with Gasteiger partial charge in [-0.25, -0.2) is 0 Å². The summed E-state index contributed by atoms with van der Waals surface area (Å²) in [6.07, 6.45) is 2.42. The molecule has 0 saturated carbocycles. The van der Waals surface area contributed by atoms with Gasteiger partial charge in [0.15, 0.2) is 11.2 Å². The Bertz CT molecular complexity index is 1310. The lowest BCUT2D eigenvalue weighted by Crippen LogP contribution is -2.30. The van der Waals surface area contributed by atoms with E-state index >= 15 is 0 Å². The van der Waals surface area contributed by atoms with Crippen LogP contribution in [0.1, 0.15) is 46.1 Å². The Labute approximate surface area is 165 Å². The van der Waals surface area contributed by atoms with Gasteiger partial charge in [0.2, 0.25) is 5.76 Å². The molecule has 144 valence electrons. The first kappa shape index (κ1) is 17.4. The Morgan fingerprint density at radius 2 is 2.00 bits per heavy atom. The number of amides is 1. The molecule has 3 aromatic heterocycles. The van der Waals surface area contributed by atoms with Crippen LogP contribution in [0.2, 0.25) is 0 Å². The predicted molar refractivity (Wildman–Crippen MR) is 106 cm³/mol. The molecule has 4 heterocycles. The summed E-state index contributed by atoms with van der Waals surface area (Å²) in [6.45, 7) is 3.76. The standard InChI is InChI=1S/C22H17N3O4/c1-3-13-7-8-16-14(11-13)20(26)18-19(15-6-4-5-9-23-15)25(22(27)21(18)28-16)17-10-12(2)29-24-17/h4-11,19H,3H2,1-2H3/t19-/m1/s1. The molecule has 1 atom stereocenters. The van der Waals surface area contributed by atoms with Crippen LogP contribution in [0.25, 0.3) is 11.0 Å². The number of nitrogens with zero attached hydrogens (tertiary/aromatic N) is 3. The number of aromatic nitrogens is 2. The molecule has 0 fully saturated rings. The second kappa shape index (κ2) is 6.41. The lowest BCUT2D eigenvalue weighted by Gasteiger charge is -2.21. The molecule has 1 aliphatic heterocycles. The Balaban J connectivity index is 1.82. The van der Waals surface area contributed by atoms with E-state index < -0.39 is 11.9 Å². The number of anilines is 1. The number of carbonyl (C=O) groups excluding carboxylic acids is 1. The molecule has 1 aliphatic rings. The zero-order valence-electron chi connectivity index (χ0n) is 15.9. The molecule has 5 rings (SSSR count). The monoisotopic (exact) mass is 387 g/mol. The number of pyridine rings is 1. The van der Waals surface area contributed by atoms with E-state index in [0.29, 0.717) is 28.2 Å². The molecule has 1 amide bonds. The van der Waals surface area contributed by atoms with Crippen molar-refractivity contribution in [2.24, 2.45) is 0 Å². The van der Waals surface area contributed by atoms with Gasteiger partial charge in [0.1, 0.15) is 17.4 Å². The van der Waals surface area contributed by atoms with E-state index in [9.17, 15) is 9.59 Å². The van der Waals surface area contributed by atoms with Gasteiger partial charge in [-0.15, -0.1) is 0 Å². The first-order valence-electron chi connectivity index (χ1n) is 9.36. The van der Waals surface area contributed by atoms with E-state index in [0.717, 1.165) is 12.0 Å². The SMILES string of the molecule is CCc1ccc2oc3c(c(=O)c2c1)[C@@H](c1ccccn1)N(c1cc(C)on1)C3=O.